The van der Waals surface area contributed by atoms with E-state index < -0.39 is 0 Å². The van der Waals surface area contributed by atoms with E-state index in [0.29, 0.717) is 0 Å². The molecule has 3 aromatic rings. The highest BCUT2D eigenvalue weighted by molar-refractivity contribution is 5.95. The van der Waals surface area contributed by atoms with Crippen LogP contribution in [0.25, 0.3) is 10.9 Å². The van der Waals surface area contributed by atoms with Gasteiger partial charge in [-0.1, -0.05) is 29.3 Å². The molecule has 3 nitrogen and oxygen atoms in total. The second kappa shape index (κ2) is 6.56. The molecule has 1 fully saturated rings. The van der Waals surface area contributed by atoms with Crippen molar-refractivity contribution in [2.24, 2.45) is 0 Å². The largest absolute Gasteiger partial charge is 0.368 e. The molecule has 5 rings (SSSR count). The standard InChI is InChI=1S/C24H27N3/c1-17-6-9-19(10-7-17)26-12-14-27(15-13-26)24-20-4-3-5-22(20)25-23-11-8-18(2)16-21(23)24/h6-11,16H,3-5,12-15H2,1-2H3. The molecule has 0 amide bonds. The minimum Gasteiger partial charge on any atom is -0.368 e. The number of piperazine rings is 1. The van der Waals surface area contributed by atoms with Crippen LogP contribution in [-0.4, -0.2) is 31.2 Å². The number of pyridine rings is 1. The summed E-state index contributed by atoms with van der Waals surface area (Å²) in [5.41, 5.74) is 9.48. The van der Waals surface area contributed by atoms with Crippen molar-refractivity contribution >= 4 is 22.3 Å². The van der Waals surface area contributed by atoms with Crippen molar-refractivity contribution < 1.29 is 0 Å². The van der Waals surface area contributed by atoms with Crippen molar-refractivity contribution in [2.45, 2.75) is 33.1 Å². The minimum atomic E-state index is 1.08. The Hall–Kier alpha value is -2.55. The summed E-state index contributed by atoms with van der Waals surface area (Å²) in [6.45, 7) is 8.65. The molecule has 1 aliphatic carbocycles. The predicted molar refractivity (Wildman–Crippen MR) is 114 cm³/mol. The molecule has 0 atom stereocenters. The van der Waals surface area contributed by atoms with Gasteiger partial charge in [-0.05, 0) is 62.9 Å². The molecule has 138 valence electrons. The van der Waals surface area contributed by atoms with Gasteiger partial charge in [-0.3, -0.25) is 4.98 Å². The van der Waals surface area contributed by atoms with Gasteiger partial charge in [0.15, 0.2) is 0 Å². The predicted octanol–water partition coefficient (Wildman–Crippen LogP) is 4.67. The van der Waals surface area contributed by atoms with E-state index >= 15 is 0 Å². The summed E-state index contributed by atoms with van der Waals surface area (Å²) in [5.74, 6) is 0. The average molecular weight is 358 g/mol. The monoisotopic (exact) mass is 357 g/mol. The van der Waals surface area contributed by atoms with Gasteiger partial charge in [-0.25, -0.2) is 0 Å². The van der Waals surface area contributed by atoms with Crippen LogP contribution in [0.1, 0.15) is 28.8 Å². The zero-order chi connectivity index (χ0) is 18.4. The second-order valence-corrected chi connectivity index (χ2v) is 8.07. The molecule has 0 N–H and O–H groups in total. The van der Waals surface area contributed by atoms with Gasteiger partial charge < -0.3 is 9.80 Å². The third-order valence-electron chi connectivity index (χ3n) is 6.13. The van der Waals surface area contributed by atoms with Crippen molar-refractivity contribution in [1.82, 2.24) is 4.98 Å². The Morgan fingerprint density at radius 2 is 1.48 bits per heavy atom. The number of hydrogen-bond donors (Lipinski definition) is 0. The zero-order valence-electron chi connectivity index (χ0n) is 16.3. The number of rotatable bonds is 2. The van der Waals surface area contributed by atoms with Crippen LogP contribution >= 0.6 is 0 Å². The van der Waals surface area contributed by atoms with E-state index in [1.54, 1.807) is 0 Å². The van der Waals surface area contributed by atoms with E-state index in [-0.39, 0.29) is 0 Å². The van der Waals surface area contributed by atoms with Crippen LogP contribution in [0, 0.1) is 13.8 Å². The maximum absolute atomic E-state index is 4.99. The first-order valence-corrected chi connectivity index (χ1v) is 10.2. The minimum absolute atomic E-state index is 1.08. The number of fused-ring (bicyclic) bond motifs is 2. The molecule has 1 aromatic heterocycles. The first-order valence-electron chi connectivity index (χ1n) is 10.2. The van der Waals surface area contributed by atoms with Gasteiger partial charge in [-0.2, -0.15) is 0 Å². The van der Waals surface area contributed by atoms with E-state index in [9.17, 15) is 0 Å². The van der Waals surface area contributed by atoms with E-state index in [2.05, 4.69) is 66.1 Å². The maximum Gasteiger partial charge on any atom is 0.0726 e. The summed E-state index contributed by atoms with van der Waals surface area (Å²) >= 11 is 0. The fourth-order valence-corrected chi connectivity index (χ4v) is 4.66. The Labute approximate surface area is 161 Å². The summed E-state index contributed by atoms with van der Waals surface area (Å²) in [6.07, 6.45) is 3.56. The molecule has 0 spiro atoms. The molecule has 0 radical (unpaired) electrons. The van der Waals surface area contributed by atoms with Crippen LogP contribution in [0.3, 0.4) is 0 Å². The highest BCUT2D eigenvalue weighted by Crippen LogP contribution is 2.37. The fraction of sp³-hybridized carbons (Fsp3) is 0.375. The topological polar surface area (TPSA) is 19.4 Å². The summed E-state index contributed by atoms with van der Waals surface area (Å²) in [4.78, 5) is 10.1. The first kappa shape index (κ1) is 16.6. The van der Waals surface area contributed by atoms with Crippen LogP contribution < -0.4 is 9.80 Å². The molecule has 1 saturated heterocycles. The van der Waals surface area contributed by atoms with E-state index in [0.717, 1.165) is 38.1 Å². The smallest absolute Gasteiger partial charge is 0.0726 e. The lowest BCUT2D eigenvalue weighted by Gasteiger charge is -2.38. The Kier molecular flexibility index (Phi) is 4.04. The molecule has 2 aromatic carbocycles. The van der Waals surface area contributed by atoms with Gasteiger partial charge in [0.2, 0.25) is 0 Å². The van der Waals surface area contributed by atoms with Gasteiger partial charge in [-0.15, -0.1) is 0 Å². The molecule has 0 saturated carbocycles. The average Bonchev–Trinajstić information content (AvgIpc) is 3.15. The van der Waals surface area contributed by atoms with Crippen molar-refractivity contribution in [3.05, 3.63) is 64.8 Å². The SMILES string of the molecule is Cc1ccc(N2CCN(c3c4c(nc5ccc(C)cc35)CCC4)CC2)cc1. The number of nitrogens with zero attached hydrogens (tertiary/aromatic N) is 3. The van der Waals surface area contributed by atoms with Crippen LogP contribution in [0.2, 0.25) is 0 Å². The molecule has 2 aliphatic rings. The van der Waals surface area contributed by atoms with Crippen LogP contribution in [-0.2, 0) is 12.8 Å². The van der Waals surface area contributed by atoms with Gasteiger partial charge in [0, 0.05) is 42.9 Å². The van der Waals surface area contributed by atoms with Crippen molar-refractivity contribution in [3.63, 3.8) is 0 Å². The number of aromatic nitrogens is 1. The van der Waals surface area contributed by atoms with E-state index in [4.69, 9.17) is 4.98 Å². The Balaban J connectivity index is 1.48. The molecular weight excluding hydrogens is 330 g/mol. The molecule has 0 bridgehead atoms. The third kappa shape index (κ3) is 2.95. The summed E-state index contributed by atoms with van der Waals surface area (Å²) in [7, 11) is 0. The molecule has 2 heterocycles. The lowest BCUT2D eigenvalue weighted by molar-refractivity contribution is 0.653. The quantitative estimate of drug-likeness (QED) is 0.664. The molecule has 1 aliphatic heterocycles. The summed E-state index contributed by atoms with van der Waals surface area (Å²) in [6, 6.07) is 15.7. The second-order valence-electron chi connectivity index (χ2n) is 8.07. The first-order chi connectivity index (χ1) is 13.2. The van der Waals surface area contributed by atoms with Crippen LogP contribution in [0.4, 0.5) is 11.4 Å². The van der Waals surface area contributed by atoms with E-state index in [1.807, 2.05) is 0 Å². The number of aryl methyl sites for hydroxylation is 3. The Morgan fingerprint density at radius 1 is 0.778 bits per heavy atom. The molecular formula is C24H27N3. The van der Waals surface area contributed by atoms with Gasteiger partial charge in [0.1, 0.15) is 0 Å². The summed E-state index contributed by atoms with van der Waals surface area (Å²) in [5, 5.41) is 1.35. The van der Waals surface area contributed by atoms with Gasteiger partial charge in [0.05, 0.1) is 11.2 Å². The van der Waals surface area contributed by atoms with Crippen LogP contribution in [0.5, 0.6) is 0 Å². The fourth-order valence-electron chi connectivity index (χ4n) is 4.66. The molecule has 3 heteroatoms. The zero-order valence-corrected chi connectivity index (χ0v) is 16.3. The number of anilines is 2. The van der Waals surface area contributed by atoms with Gasteiger partial charge in [0.25, 0.3) is 0 Å². The normalized spacial score (nSPS) is 16.8. The lowest BCUT2D eigenvalue weighted by Crippen LogP contribution is -2.47. The number of benzene rings is 2. The maximum atomic E-state index is 4.99. The highest BCUT2D eigenvalue weighted by Gasteiger charge is 2.26. The van der Waals surface area contributed by atoms with Crippen LogP contribution in [0.15, 0.2) is 42.5 Å². The van der Waals surface area contributed by atoms with E-state index in [1.165, 1.54) is 52.0 Å². The number of hydrogen-bond acceptors (Lipinski definition) is 3. The third-order valence-corrected chi connectivity index (χ3v) is 6.13. The molecule has 27 heavy (non-hydrogen) atoms. The molecule has 0 unspecified atom stereocenters. The van der Waals surface area contributed by atoms with Crippen molar-refractivity contribution in [3.8, 4) is 0 Å². The van der Waals surface area contributed by atoms with Crippen molar-refractivity contribution in [1.29, 1.82) is 0 Å². The Bertz CT molecular complexity index is 983. The highest BCUT2D eigenvalue weighted by atomic mass is 15.3. The lowest BCUT2D eigenvalue weighted by atomic mass is 10.0. The Morgan fingerprint density at radius 3 is 2.26 bits per heavy atom. The van der Waals surface area contributed by atoms with Crippen molar-refractivity contribution in [2.75, 3.05) is 36.0 Å². The summed E-state index contributed by atoms with van der Waals surface area (Å²) < 4.78 is 0. The van der Waals surface area contributed by atoms with Gasteiger partial charge >= 0.3 is 0 Å².